The highest BCUT2D eigenvalue weighted by molar-refractivity contribution is 14.1. The molecule has 0 aromatic carbocycles. The van der Waals surface area contributed by atoms with Crippen LogP contribution in [0.2, 0.25) is 0 Å². The third-order valence-corrected chi connectivity index (χ3v) is 4.02. The van der Waals surface area contributed by atoms with Gasteiger partial charge in [-0.2, -0.15) is 0 Å². The average Bonchev–Trinajstić information content (AvgIpc) is 3.19. The molecule has 4 nitrogen and oxygen atoms in total. The van der Waals surface area contributed by atoms with Gasteiger partial charge >= 0.3 is 0 Å². The molecule has 0 radical (unpaired) electrons. The van der Waals surface area contributed by atoms with E-state index in [9.17, 15) is 4.79 Å². The fourth-order valence-corrected chi connectivity index (χ4v) is 2.61. The zero-order valence-corrected chi connectivity index (χ0v) is 11.8. The minimum atomic E-state index is -0.0292. The Morgan fingerprint density at radius 3 is 2.89 bits per heavy atom. The summed E-state index contributed by atoms with van der Waals surface area (Å²) in [6.45, 7) is 0. The Balaban J connectivity index is 1.95. The summed E-state index contributed by atoms with van der Waals surface area (Å²) in [7, 11) is 0. The molecule has 0 aliphatic heterocycles. The van der Waals surface area contributed by atoms with Gasteiger partial charge in [0.1, 0.15) is 5.82 Å². The molecule has 3 rings (SSSR count). The fraction of sp³-hybridized carbons (Fsp3) is 0.308. The Morgan fingerprint density at radius 2 is 2.22 bits per heavy atom. The Bertz CT molecular complexity index is 620. The second-order valence-electron chi connectivity index (χ2n) is 4.48. The molecule has 2 heterocycles. The maximum atomic E-state index is 11.9. The highest BCUT2D eigenvalue weighted by atomic mass is 127. The van der Waals surface area contributed by atoms with E-state index in [1.165, 1.54) is 0 Å². The summed E-state index contributed by atoms with van der Waals surface area (Å²) < 4.78 is 0.736. The monoisotopic (exact) mass is 353 g/mol. The van der Waals surface area contributed by atoms with Crippen LogP contribution >= 0.6 is 22.6 Å². The first-order chi connectivity index (χ1) is 8.74. The summed E-state index contributed by atoms with van der Waals surface area (Å²) in [5.74, 6) is 1.20. The van der Waals surface area contributed by atoms with Crippen LogP contribution in [0.4, 0.5) is 0 Å². The van der Waals surface area contributed by atoms with Crippen molar-refractivity contribution in [2.45, 2.75) is 25.2 Å². The Kier molecular flexibility index (Phi) is 3.15. The van der Waals surface area contributed by atoms with Crippen molar-refractivity contribution < 1.29 is 0 Å². The molecule has 0 unspecified atom stereocenters. The first-order valence-electron chi connectivity index (χ1n) is 5.92. The molecule has 18 heavy (non-hydrogen) atoms. The van der Waals surface area contributed by atoms with Crippen molar-refractivity contribution in [3.8, 4) is 0 Å². The van der Waals surface area contributed by atoms with Crippen LogP contribution in [0.15, 0.2) is 29.2 Å². The molecular weight excluding hydrogens is 341 g/mol. The SMILES string of the molecule is O=c1[nH]c(Cc2ccccn2)nc(C2CC2)c1I. The summed E-state index contributed by atoms with van der Waals surface area (Å²) >= 11 is 2.09. The average molecular weight is 353 g/mol. The Morgan fingerprint density at radius 1 is 1.39 bits per heavy atom. The smallest absolute Gasteiger partial charge is 0.264 e. The number of aromatic amines is 1. The molecule has 1 fully saturated rings. The van der Waals surface area contributed by atoms with Gasteiger partial charge in [0.15, 0.2) is 0 Å². The quantitative estimate of drug-likeness (QED) is 0.861. The molecule has 1 saturated carbocycles. The third kappa shape index (κ3) is 2.45. The molecule has 92 valence electrons. The summed E-state index contributed by atoms with van der Waals surface area (Å²) in [5.41, 5.74) is 1.85. The largest absolute Gasteiger partial charge is 0.309 e. The molecule has 0 bridgehead atoms. The maximum absolute atomic E-state index is 11.9. The van der Waals surface area contributed by atoms with E-state index in [1.54, 1.807) is 6.20 Å². The van der Waals surface area contributed by atoms with Gasteiger partial charge in [-0.25, -0.2) is 4.98 Å². The second kappa shape index (κ2) is 4.79. The van der Waals surface area contributed by atoms with Crippen molar-refractivity contribution in [3.63, 3.8) is 0 Å². The predicted molar refractivity (Wildman–Crippen MR) is 76.6 cm³/mol. The van der Waals surface area contributed by atoms with E-state index in [0.717, 1.165) is 27.8 Å². The maximum Gasteiger partial charge on any atom is 0.264 e. The fourth-order valence-electron chi connectivity index (χ4n) is 1.91. The third-order valence-electron chi connectivity index (χ3n) is 2.98. The molecule has 2 aromatic heterocycles. The number of nitrogens with zero attached hydrogens (tertiary/aromatic N) is 2. The van der Waals surface area contributed by atoms with Crippen LogP contribution in [0.25, 0.3) is 0 Å². The topological polar surface area (TPSA) is 58.6 Å². The summed E-state index contributed by atoms with van der Waals surface area (Å²) in [6.07, 6.45) is 4.62. The molecule has 1 aliphatic rings. The van der Waals surface area contributed by atoms with Crippen molar-refractivity contribution in [3.05, 3.63) is 55.5 Å². The predicted octanol–water partition coefficient (Wildman–Crippen LogP) is 2.24. The van der Waals surface area contributed by atoms with Gasteiger partial charge in [0, 0.05) is 24.2 Å². The lowest BCUT2D eigenvalue weighted by atomic mass is 10.2. The standard InChI is InChI=1S/C13H12IN3O/c14-11-12(8-4-5-8)16-10(17-13(11)18)7-9-3-1-2-6-15-9/h1-3,6,8H,4-5,7H2,(H,16,17,18). The van der Waals surface area contributed by atoms with Crippen LogP contribution in [-0.2, 0) is 6.42 Å². The molecule has 0 saturated heterocycles. The van der Waals surface area contributed by atoms with E-state index >= 15 is 0 Å². The number of pyridine rings is 1. The van der Waals surface area contributed by atoms with Crippen LogP contribution < -0.4 is 5.56 Å². The van der Waals surface area contributed by atoms with E-state index in [1.807, 2.05) is 18.2 Å². The van der Waals surface area contributed by atoms with E-state index in [-0.39, 0.29) is 5.56 Å². The Labute approximate surface area is 118 Å². The number of hydrogen-bond donors (Lipinski definition) is 1. The molecular formula is C13H12IN3O. The van der Waals surface area contributed by atoms with Crippen LogP contribution in [0, 0.1) is 3.57 Å². The highest BCUT2D eigenvalue weighted by Crippen LogP contribution is 2.40. The zero-order chi connectivity index (χ0) is 12.5. The van der Waals surface area contributed by atoms with E-state index < -0.39 is 0 Å². The Hall–Kier alpha value is -1.24. The van der Waals surface area contributed by atoms with Gasteiger partial charge in [0.25, 0.3) is 5.56 Å². The van der Waals surface area contributed by atoms with Crippen molar-refractivity contribution >= 4 is 22.6 Å². The number of hydrogen-bond acceptors (Lipinski definition) is 3. The lowest BCUT2D eigenvalue weighted by molar-refractivity contribution is 0.857. The number of halogens is 1. The molecule has 1 N–H and O–H groups in total. The van der Waals surface area contributed by atoms with E-state index in [0.29, 0.717) is 18.2 Å². The summed E-state index contributed by atoms with van der Waals surface area (Å²) in [6, 6.07) is 5.76. The molecule has 0 amide bonds. The van der Waals surface area contributed by atoms with Crippen molar-refractivity contribution in [2.24, 2.45) is 0 Å². The molecule has 0 atom stereocenters. The van der Waals surface area contributed by atoms with Crippen LogP contribution in [0.1, 0.15) is 36.0 Å². The highest BCUT2D eigenvalue weighted by Gasteiger charge is 2.28. The van der Waals surface area contributed by atoms with Crippen molar-refractivity contribution in [1.29, 1.82) is 0 Å². The van der Waals surface area contributed by atoms with Gasteiger partial charge in [-0.1, -0.05) is 6.07 Å². The molecule has 1 aliphatic carbocycles. The first-order valence-corrected chi connectivity index (χ1v) is 7.00. The molecule has 0 spiro atoms. The number of aromatic nitrogens is 3. The van der Waals surface area contributed by atoms with Crippen LogP contribution in [0.5, 0.6) is 0 Å². The van der Waals surface area contributed by atoms with E-state index in [2.05, 4.69) is 37.5 Å². The second-order valence-corrected chi connectivity index (χ2v) is 5.56. The zero-order valence-electron chi connectivity index (χ0n) is 9.69. The normalized spacial score (nSPS) is 14.7. The minimum Gasteiger partial charge on any atom is -0.309 e. The van der Waals surface area contributed by atoms with Gasteiger partial charge < -0.3 is 4.98 Å². The van der Waals surface area contributed by atoms with Gasteiger partial charge in [0.05, 0.1) is 9.26 Å². The van der Waals surface area contributed by atoms with Gasteiger partial charge in [-0.15, -0.1) is 0 Å². The van der Waals surface area contributed by atoms with E-state index in [4.69, 9.17) is 0 Å². The molecule has 5 heteroatoms. The van der Waals surface area contributed by atoms with Gasteiger partial charge in [0.2, 0.25) is 0 Å². The minimum absolute atomic E-state index is 0.0292. The summed E-state index contributed by atoms with van der Waals surface area (Å²) in [5, 5.41) is 0. The number of H-pyrrole nitrogens is 1. The number of rotatable bonds is 3. The first kappa shape index (κ1) is 11.8. The molecule has 2 aromatic rings. The summed E-state index contributed by atoms with van der Waals surface area (Å²) in [4.78, 5) is 23.5. The number of nitrogens with one attached hydrogen (secondary N) is 1. The van der Waals surface area contributed by atoms with Gasteiger partial charge in [-0.05, 0) is 47.6 Å². The lowest BCUT2D eigenvalue weighted by Gasteiger charge is -2.05. The lowest BCUT2D eigenvalue weighted by Crippen LogP contribution is -2.18. The van der Waals surface area contributed by atoms with Crippen molar-refractivity contribution in [1.82, 2.24) is 15.0 Å². The van der Waals surface area contributed by atoms with Gasteiger partial charge in [-0.3, -0.25) is 9.78 Å². The van der Waals surface area contributed by atoms with Crippen molar-refractivity contribution in [2.75, 3.05) is 0 Å². The van der Waals surface area contributed by atoms with Crippen LogP contribution in [0.3, 0.4) is 0 Å². The van der Waals surface area contributed by atoms with Crippen LogP contribution in [-0.4, -0.2) is 15.0 Å².